The summed E-state index contributed by atoms with van der Waals surface area (Å²) in [6, 6.07) is 5.72. The van der Waals surface area contributed by atoms with E-state index < -0.39 is 0 Å². The summed E-state index contributed by atoms with van der Waals surface area (Å²) in [5.74, 6) is 4.89. The largest absolute Gasteiger partial charge is 0.384 e. The van der Waals surface area contributed by atoms with Crippen LogP contribution in [-0.2, 0) is 0 Å². The van der Waals surface area contributed by atoms with E-state index in [4.69, 9.17) is 5.84 Å². The number of hydrazine groups is 1. The average Bonchev–Trinajstić information content (AvgIpc) is 2.30. The Hall–Kier alpha value is -1.55. The van der Waals surface area contributed by atoms with Crippen LogP contribution >= 0.6 is 0 Å². The van der Waals surface area contributed by atoms with Gasteiger partial charge in [-0.25, -0.2) is 5.84 Å². The first-order valence-corrected chi connectivity index (χ1v) is 5.54. The van der Waals surface area contributed by atoms with Crippen LogP contribution in [0, 0.1) is 6.92 Å². The Kier molecular flexibility index (Phi) is 4.79. The predicted octanol–water partition coefficient (Wildman–Crippen LogP) is 1.81. The Morgan fingerprint density at radius 1 is 1.44 bits per heavy atom. The number of unbranched alkanes of at least 4 members (excludes halogenated alkanes) is 1. The highest BCUT2D eigenvalue weighted by molar-refractivity contribution is 5.99. The molecule has 0 saturated heterocycles. The minimum absolute atomic E-state index is 0.261. The first kappa shape index (κ1) is 12.5. The number of hydrogen-bond acceptors (Lipinski definition) is 3. The Morgan fingerprint density at radius 3 is 2.81 bits per heavy atom. The molecule has 0 radical (unpaired) electrons. The van der Waals surface area contributed by atoms with Gasteiger partial charge in [0.15, 0.2) is 0 Å². The summed E-state index contributed by atoms with van der Waals surface area (Å²) in [7, 11) is 0. The van der Waals surface area contributed by atoms with E-state index in [-0.39, 0.29) is 5.91 Å². The van der Waals surface area contributed by atoms with E-state index in [1.165, 1.54) is 0 Å². The first-order valence-electron chi connectivity index (χ1n) is 5.54. The van der Waals surface area contributed by atoms with Crippen molar-refractivity contribution in [1.29, 1.82) is 0 Å². The molecular formula is C12H19N3O. The lowest BCUT2D eigenvalue weighted by atomic mass is 10.1. The molecule has 0 fully saturated rings. The molecule has 0 aliphatic rings. The fourth-order valence-electron chi connectivity index (χ4n) is 1.48. The molecule has 1 amide bonds. The average molecular weight is 221 g/mol. The molecule has 0 atom stereocenters. The van der Waals surface area contributed by atoms with Crippen LogP contribution in [0.15, 0.2) is 18.2 Å². The Bertz CT molecular complexity index is 363. The van der Waals surface area contributed by atoms with Crippen LogP contribution in [0.25, 0.3) is 0 Å². The fraction of sp³-hybridized carbons (Fsp3) is 0.417. The van der Waals surface area contributed by atoms with Crippen molar-refractivity contribution >= 4 is 11.6 Å². The third-order valence-electron chi connectivity index (χ3n) is 2.40. The maximum atomic E-state index is 11.5. The number of nitrogen functional groups attached to an aromatic ring is 1. The van der Waals surface area contributed by atoms with E-state index in [2.05, 4.69) is 17.7 Å². The lowest BCUT2D eigenvalue weighted by Gasteiger charge is -2.11. The molecule has 4 nitrogen and oxygen atoms in total. The number of rotatable bonds is 5. The van der Waals surface area contributed by atoms with Crippen LogP contribution in [0.4, 0.5) is 5.69 Å². The Balaban J connectivity index is 2.85. The molecule has 0 unspecified atom stereocenters. The zero-order valence-electron chi connectivity index (χ0n) is 9.84. The van der Waals surface area contributed by atoms with Crippen LogP contribution in [0.3, 0.4) is 0 Å². The number of hydrogen-bond donors (Lipinski definition) is 3. The van der Waals surface area contributed by atoms with Crippen molar-refractivity contribution in [2.75, 3.05) is 11.9 Å². The van der Waals surface area contributed by atoms with E-state index in [0.29, 0.717) is 5.56 Å². The highest BCUT2D eigenvalue weighted by Gasteiger charge is 2.09. The molecule has 0 bridgehead atoms. The maximum Gasteiger partial charge on any atom is 0.267 e. The zero-order valence-corrected chi connectivity index (χ0v) is 9.84. The lowest BCUT2D eigenvalue weighted by molar-refractivity contribution is 0.0954. The number of aryl methyl sites for hydroxylation is 1. The van der Waals surface area contributed by atoms with E-state index in [9.17, 15) is 4.79 Å². The zero-order chi connectivity index (χ0) is 12.0. The van der Waals surface area contributed by atoms with Gasteiger partial charge in [-0.05, 0) is 25.5 Å². The third-order valence-corrected chi connectivity index (χ3v) is 2.40. The standard InChI is InChI=1S/C12H19N3O/c1-3-4-7-14-11-6-5-9(2)8-10(11)12(16)15-13/h5-6,8,14H,3-4,7,13H2,1-2H3,(H,15,16). The molecule has 0 spiro atoms. The highest BCUT2D eigenvalue weighted by atomic mass is 16.2. The molecule has 0 aliphatic heterocycles. The molecule has 0 aromatic heterocycles. The number of carbonyl (C=O) groups excluding carboxylic acids is 1. The summed E-state index contributed by atoms with van der Waals surface area (Å²) in [6.45, 7) is 4.94. The Morgan fingerprint density at radius 2 is 2.19 bits per heavy atom. The first-order chi connectivity index (χ1) is 7.69. The van der Waals surface area contributed by atoms with Crippen LogP contribution in [-0.4, -0.2) is 12.5 Å². The quantitative estimate of drug-likeness (QED) is 0.307. The topological polar surface area (TPSA) is 67.2 Å². The van der Waals surface area contributed by atoms with Crippen LogP contribution in [0.1, 0.15) is 35.7 Å². The molecule has 0 aliphatic carbocycles. The smallest absolute Gasteiger partial charge is 0.267 e. The summed E-state index contributed by atoms with van der Waals surface area (Å²) in [4.78, 5) is 11.5. The van der Waals surface area contributed by atoms with E-state index >= 15 is 0 Å². The predicted molar refractivity (Wildman–Crippen MR) is 66.2 cm³/mol. The highest BCUT2D eigenvalue weighted by Crippen LogP contribution is 2.17. The third kappa shape index (κ3) is 3.24. The number of nitrogens with two attached hydrogens (primary N) is 1. The number of nitrogens with one attached hydrogen (secondary N) is 2. The van der Waals surface area contributed by atoms with Gasteiger partial charge in [0.05, 0.1) is 5.56 Å². The summed E-state index contributed by atoms with van der Waals surface area (Å²) < 4.78 is 0. The summed E-state index contributed by atoms with van der Waals surface area (Å²) in [5.41, 5.74) is 4.63. The second-order valence-electron chi connectivity index (χ2n) is 3.80. The number of carbonyl (C=O) groups is 1. The Labute approximate surface area is 96.2 Å². The van der Waals surface area contributed by atoms with Gasteiger partial charge in [0.2, 0.25) is 0 Å². The van der Waals surface area contributed by atoms with Crippen molar-refractivity contribution < 1.29 is 4.79 Å². The van der Waals surface area contributed by atoms with Gasteiger partial charge in [-0.15, -0.1) is 0 Å². The van der Waals surface area contributed by atoms with Crippen LogP contribution in [0.2, 0.25) is 0 Å². The molecular weight excluding hydrogens is 202 g/mol. The monoisotopic (exact) mass is 221 g/mol. The normalized spacial score (nSPS) is 9.94. The van der Waals surface area contributed by atoms with Crippen LogP contribution in [0.5, 0.6) is 0 Å². The molecule has 1 aromatic rings. The van der Waals surface area contributed by atoms with Crippen molar-refractivity contribution in [2.45, 2.75) is 26.7 Å². The van der Waals surface area contributed by atoms with Crippen molar-refractivity contribution in [3.63, 3.8) is 0 Å². The molecule has 1 rings (SSSR count). The van der Waals surface area contributed by atoms with Gasteiger partial charge in [-0.3, -0.25) is 10.2 Å². The van der Waals surface area contributed by atoms with Gasteiger partial charge in [-0.2, -0.15) is 0 Å². The summed E-state index contributed by atoms with van der Waals surface area (Å²) in [5, 5.41) is 3.24. The van der Waals surface area contributed by atoms with Gasteiger partial charge in [0.25, 0.3) is 5.91 Å². The lowest BCUT2D eigenvalue weighted by Crippen LogP contribution is -2.30. The SMILES string of the molecule is CCCCNc1ccc(C)cc1C(=O)NN. The molecule has 16 heavy (non-hydrogen) atoms. The number of anilines is 1. The van der Waals surface area contributed by atoms with Gasteiger partial charge in [0.1, 0.15) is 0 Å². The van der Waals surface area contributed by atoms with E-state index in [0.717, 1.165) is 30.6 Å². The number of benzene rings is 1. The van der Waals surface area contributed by atoms with Crippen LogP contribution < -0.4 is 16.6 Å². The van der Waals surface area contributed by atoms with Gasteiger partial charge >= 0.3 is 0 Å². The minimum Gasteiger partial charge on any atom is -0.384 e. The second kappa shape index (κ2) is 6.12. The van der Waals surface area contributed by atoms with Crippen molar-refractivity contribution in [1.82, 2.24) is 5.43 Å². The molecule has 0 saturated carbocycles. The molecule has 88 valence electrons. The van der Waals surface area contributed by atoms with Gasteiger partial charge < -0.3 is 5.32 Å². The summed E-state index contributed by atoms with van der Waals surface area (Å²) in [6.07, 6.45) is 2.20. The maximum absolute atomic E-state index is 11.5. The molecule has 4 N–H and O–H groups in total. The molecule has 4 heteroatoms. The number of amides is 1. The molecule has 0 heterocycles. The summed E-state index contributed by atoms with van der Waals surface area (Å²) >= 11 is 0. The second-order valence-corrected chi connectivity index (χ2v) is 3.80. The van der Waals surface area contributed by atoms with E-state index in [1.54, 1.807) is 0 Å². The van der Waals surface area contributed by atoms with Gasteiger partial charge in [0, 0.05) is 12.2 Å². The fourth-order valence-corrected chi connectivity index (χ4v) is 1.48. The molecule has 1 aromatic carbocycles. The van der Waals surface area contributed by atoms with Crippen molar-refractivity contribution in [2.24, 2.45) is 5.84 Å². The van der Waals surface area contributed by atoms with Crippen molar-refractivity contribution in [3.8, 4) is 0 Å². The van der Waals surface area contributed by atoms with Crippen molar-refractivity contribution in [3.05, 3.63) is 29.3 Å². The van der Waals surface area contributed by atoms with E-state index in [1.807, 2.05) is 25.1 Å². The minimum atomic E-state index is -0.261. The van der Waals surface area contributed by atoms with Gasteiger partial charge in [-0.1, -0.05) is 25.0 Å².